The number of likely N-dealkylation sites (N-methyl/N-ethyl adjacent to an activating group) is 1. The summed E-state index contributed by atoms with van der Waals surface area (Å²) in [7, 11) is 2.13. The zero-order valence-electron chi connectivity index (χ0n) is 19.3. The number of hydrogen-bond acceptors (Lipinski definition) is 7. The van der Waals surface area contributed by atoms with Gasteiger partial charge in [0.15, 0.2) is 11.6 Å². The van der Waals surface area contributed by atoms with Gasteiger partial charge < -0.3 is 20.5 Å². The Kier molecular flexibility index (Phi) is 6.54. The minimum Gasteiger partial charge on any atom is -0.485 e. The predicted octanol–water partition coefficient (Wildman–Crippen LogP) is 2.11. The van der Waals surface area contributed by atoms with Crippen LogP contribution in [0.1, 0.15) is 25.0 Å². The van der Waals surface area contributed by atoms with Crippen LogP contribution in [0.5, 0.6) is 5.75 Å². The topological polar surface area (TPSA) is 92.7 Å². The van der Waals surface area contributed by atoms with E-state index in [2.05, 4.69) is 38.9 Å². The van der Waals surface area contributed by atoms with Gasteiger partial charge in [0.1, 0.15) is 12.2 Å². The Labute approximate surface area is 194 Å². The average Bonchev–Trinajstić information content (AvgIpc) is 3.28. The monoisotopic (exact) mass is 446 g/mol. The Balaban J connectivity index is 1.46. The number of aliphatic hydroxyl groups is 1. The van der Waals surface area contributed by atoms with E-state index < -0.39 is 5.60 Å². The van der Waals surface area contributed by atoms with Crippen LogP contribution in [0.3, 0.4) is 0 Å². The van der Waals surface area contributed by atoms with Crippen LogP contribution in [-0.2, 0) is 6.61 Å². The number of ether oxygens (including phenoxy) is 1. The predicted molar refractivity (Wildman–Crippen MR) is 129 cm³/mol. The second-order valence-corrected chi connectivity index (χ2v) is 8.81. The van der Waals surface area contributed by atoms with E-state index in [0.29, 0.717) is 18.2 Å². The fraction of sp³-hybridized carbons (Fsp3) is 0.360. The van der Waals surface area contributed by atoms with Crippen molar-refractivity contribution in [3.05, 3.63) is 60.0 Å². The molecule has 1 aliphatic heterocycles. The number of nitrogen functional groups attached to an aromatic ring is 1. The second kappa shape index (κ2) is 9.53. The summed E-state index contributed by atoms with van der Waals surface area (Å²) in [6.07, 6.45) is 5.58. The van der Waals surface area contributed by atoms with Gasteiger partial charge in [0, 0.05) is 49.1 Å². The molecule has 0 unspecified atom stereocenters. The molecule has 8 heteroatoms. The molecular weight excluding hydrogens is 416 g/mol. The minimum atomic E-state index is -1.04. The maximum absolute atomic E-state index is 9.81. The number of rotatable bonds is 5. The highest BCUT2D eigenvalue weighted by Crippen LogP contribution is 2.27. The normalized spacial score (nSPS) is 14.6. The lowest BCUT2D eigenvalue weighted by Gasteiger charge is -2.33. The molecule has 1 fully saturated rings. The van der Waals surface area contributed by atoms with E-state index in [1.165, 1.54) is 0 Å². The van der Waals surface area contributed by atoms with Gasteiger partial charge in [-0.15, -0.1) is 0 Å². The first-order valence-corrected chi connectivity index (χ1v) is 11.0. The number of piperazine rings is 1. The number of benzene rings is 1. The molecule has 4 rings (SSSR count). The molecule has 0 radical (unpaired) electrons. The number of nitrogens with two attached hydrogens (primary N) is 1. The standard InChI is InChI=1S/C25H30N6O2/c1-25(2,32)8-7-19-5-4-6-20(13-19)18-33-23-14-21(15-27-24(23)26)22-16-28-31(17-22)30-11-9-29(3)10-12-30/h4-6,13-17,32H,9-12,18H2,1-3H3,(H2,26,27). The lowest BCUT2D eigenvalue weighted by Crippen LogP contribution is -2.49. The summed E-state index contributed by atoms with van der Waals surface area (Å²) in [5.74, 6) is 6.67. The second-order valence-electron chi connectivity index (χ2n) is 8.81. The SMILES string of the molecule is CN1CCN(n2cc(-c3cnc(N)c(OCc4cccc(C#CC(C)(C)O)c4)c3)cn2)CC1. The third-order valence-electron chi connectivity index (χ3n) is 5.39. The Morgan fingerprint density at radius 1 is 1.12 bits per heavy atom. The lowest BCUT2D eigenvalue weighted by atomic mass is 10.1. The fourth-order valence-electron chi connectivity index (χ4n) is 3.47. The highest BCUT2D eigenvalue weighted by molar-refractivity contribution is 5.65. The number of aromatic nitrogens is 3. The van der Waals surface area contributed by atoms with Gasteiger partial charge in [-0.1, -0.05) is 24.0 Å². The molecule has 1 saturated heterocycles. The van der Waals surface area contributed by atoms with Gasteiger partial charge in [0.05, 0.1) is 12.4 Å². The highest BCUT2D eigenvalue weighted by Gasteiger charge is 2.16. The Hall–Kier alpha value is -3.54. The number of pyridine rings is 1. The van der Waals surface area contributed by atoms with Gasteiger partial charge in [-0.2, -0.15) is 9.89 Å². The molecular formula is C25H30N6O2. The summed E-state index contributed by atoms with van der Waals surface area (Å²) < 4.78 is 5.99. The number of hydrogen-bond donors (Lipinski definition) is 2. The van der Waals surface area contributed by atoms with Gasteiger partial charge in [0.2, 0.25) is 0 Å². The van der Waals surface area contributed by atoms with E-state index in [1.54, 1.807) is 20.0 Å². The summed E-state index contributed by atoms with van der Waals surface area (Å²) in [6, 6.07) is 9.61. The van der Waals surface area contributed by atoms with Crippen molar-refractivity contribution in [2.75, 3.05) is 44.0 Å². The molecule has 3 heterocycles. The fourth-order valence-corrected chi connectivity index (χ4v) is 3.47. The molecule has 1 aliphatic rings. The van der Waals surface area contributed by atoms with Crippen molar-refractivity contribution in [1.29, 1.82) is 0 Å². The quantitative estimate of drug-likeness (QED) is 0.580. The smallest absolute Gasteiger partial charge is 0.166 e. The van der Waals surface area contributed by atoms with Crippen LogP contribution in [0, 0.1) is 11.8 Å². The number of nitrogens with zero attached hydrogens (tertiary/aromatic N) is 5. The van der Waals surface area contributed by atoms with Crippen LogP contribution in [0.25, 0.3) is 11.1 Å². The van der Waals surface area contributed by atoms with Crippen molar-refractivity contribution < 1.29 is 9.84 Å². The molecule has 3 aromatic rings. The number of anilines is 1. The van der Waals surface area contributed by atoms with Crippen LogP contribution in [0.2, 0.25) is 0 Å². The molecule has 0 saturated carbocycles. The summed E-state index contributed by atoms with van der Waals surface area (Å²) >= 11 is 0. The Bertz CT molecular complexity index is 1160. The van der Waals surface area contributed by atoms with E-state index in [4.69, 9.17) is 10.5 Å². The Morgan fingerprint density at radius 3 is 2.67 bits per heavy atom. The van der Waals surface area contributed by atoms with E-state index >= 15 is 0 Å². The van der Waals surface area contributed by atoms with Crippen molar-refractivity contribution in [2.24, 2.45) is 0 Å². The van der Waals surface area contributed by atoms with Crippen LogP contribution in [0.15, 0.2) is 48.9 Å². The van der Waals surface area contributed by atoms with E-state index in [0.717, 1.165) is 48.4 Å². The van der Waals surface area contributed by atoms with E-state index in [1.807, 2.05) is 47.5 Å². The summed E-state index contributed by atoms with van der Waals surface area (Å²) in [4.78, 5) is 8.53. The van der Waals surface area contributed by atoms with Crippen LogP contribution in [0.4, 0.5) is 5.82 Å². The first kappa shape index (κ1) is 22.6. The summed E-state index contributed by atoms with van der Waals surface area (Å²) in [6.45, 7) is 7.54. The van der Waals surface area contributed by atoms with Crippen molar-refractivity contribution in [3.8, 4) is 28.7 Å². The van der Waals surface area contributed by atoms with Crippen LogP contribution in [-0.4, -0.2) is 63.7 Å². The molecule has 3 N–H and O–H groups in total. The molecule has 33 heavy (non-hydrogen) atoms. The van der Waals surface area contributed by atoms with Crippen molar-refractivity contribution in [3.63, 3.8) is 0 Å². The highest BCUT2D eigenvalue weighted by atomic mass is 16.5. The average molecular weight is 447 g/mol. The molecule has 0 aliphatic carbocycles. The third kappa shape index (κ3) is 6.04. The zero-order valence-corrected chi connectivity index (χ0v) is 19.3. The lowest BCUT2D eigenvalue weighted by molar-refractivity contribution is 0.143. The summed E-state index contributed by atoms with van der Waals surface area (Å²) in [5.41, 5.74) is 8.65. The van der Waals surface area contributed by atoms with Crippen molar-refractivity contribution in [2.45, 2.75) is 26.1 Å². The molecule has 0 spiro atoms. The molecule has 2 aromatic heterocycles. The van der Waals surface area contributed by atoms with E-state index in [9.17, 15) is 5.11 Å². The molecule has 1 aromatic carbocycles. The molecule has 8 nitrogen and oxygen atoms in total. The zero-order chi connectivity index (χ0) is 23.4. The Morgan fingerprint density at radius 2 is 1.91 bits per heavy atom. The molecule has 0 atom stereocenters. The third-order valence-corrected chi connectivity index (χ3v) is 5.39. The van der Waals surface area contributed by atoms with Gasteiger partial charge in [0.25, 0.3) is 0 Å². The van der Waals surface area contributed by atoms with Crippen molar-refractivity contribution in [1.82, 2.24) is 19.8 Å². The van der Waals surface area contributed by atoms with Gasteiger partial charge in [-0.3, -0.25) is 5.01 Å². The van der Waals surface area contributed by atoms with Crippen LogP contribution >= 0.6 is 0 Å². The maximum atomic E-state index is 9.81. The molecule has 172 valence electrons. The van der Waals surface area contributed by atoms with E-state index in [-0.39, 0.29) is 0 Å². The van der Waals surface area contributed by atoms with Crippen LogP contribution < -0.4 is 15.5 Å². The van der Waals surface area contributed by atoms with Gasteiger partial charge >= 0.3 is 0 Å². The van der Waals surface area contributed by atoms with Gasteiger partial charge in [-0.25, -0.2) is 4.98 Å². The molecule has 0 bridgehead atoms. The van der Waals surface area contributed by atoms with Gasteiger partial charge in [-0.05, 0) is 44.7 Å². The van der Waals surface area contributed by atoms with Crippen molar-refractivity contribution >= 4 is 5.82 Å². The summed E-state index contributed by atoms with van der Waals surface area (Å²) in [5, 5.41) is 16.6. The first-order valence-electron chi connectivity index (χ1n) is 11.0. The first-order chi connectivity index (χ1) is 15.8. The maximum Gasteiger partial charge on any atom is 0.166 e. The minimum absolute atomic E-state index is 0.327. The largest absolute Gasteiger partial charge is 0.485 e. The molecule has 0 amide bonds.